The van der Waals surface area contributed by atoms with E-state index in [4.69, 9.17) is 9.72 Å². The van der Waals surface area contributed by atoms with Gasteiger partial charge in [-0.15, -0.1) is 0 Å². The van der Waals surface area contributed by atoms with Crippen LogP contribution in [0.25, 0.3) is 21.7 Å². The summed E-state index contributed by atoms with van der Waals surface area (Å²) in [7, 11) is 3.56. The van der Waals surface area contributed by atoms with Crippen molar-refractivity contribution in [2.24, 2.45) is 0 Å². The fourth-order valence-electron chi connectivity index (χ4n) is 5.23. The Morgan fingerprint density at radius 2 is 1.67 bits per heavy atom. The second-order valence-electron chi connectivity index (χ2n) is 9.03. The molecule has 5 rings (SSSR count). The first kappa shape index (κ1) is 24.4. The number of aromatic nitrogens is 1. The van der Waals surface area contributed by atoms with Gasteiger partial charge in [-0.1, -0.05) is 88.7 Å². The molecule has 4 aromatic carbocycles. The van der Waals surface area contributed by atoms with Crippen LogP contribution in [0.4, 0.5) is 0 Å². The van der Waals surface area contributed by atoms with Crippen molar-refractivity contribution < 1.29 is 9.84 Å². The van der Waals surface area contributed by atoms with Crippen molar-refractivity contribution in [1.29, 1.82) is 0 Å². The van der Waals surface area contributed by atoms with Crippen molar-refractivity contribution in [2.75, 3.05) is 20.7 Å². The van der Waals surface area contributed by atoms with Crippen LogP contribution in [0.3, 0.4) is 0 Å². The Morgan fingerprint density at radius 1 is 0.917 bits per heavy atom. The first-order valence-electron chi connectivity index (χ1n) is 12.1. The summed E-state index contributed by atoms with van der Waals surface area (Å²) in [5, 5.41) is 19.5. The average Bonchev–Trinajstić information content (AvgIpc) is 2.92. The summed E-state index contributed by atoms with van der Waals surface area (Å²) < 4.78 is 6.79. The molecule has 0 saturated carbocycles. The molecule has 1 heterocycles. The fraction of sp³-hybridized carbons (Fsp3) is 0.194. The highest BCUT2D eigenvalue weighted by Gasteiger charge is 2.44. The number of fused-ring (bicyclic) bond motifs is 2. The zero-order valence-electron chi connectivity index (χ0n) is 20.4. The molecule has 0 aliphatic rings. The Morgan fingerprint density at radius 3 is 2.44 bits per heavy atom. The normalized spacial score (nSPS) is 14.0. The minimum Gasteiger partial charge on any atom is -0.481 e. The van der Waals surface area contributed by atoms with Crippen molar-refractivity contribution in [3.05, 3.63) is 118 Å². The number of hydrogen-bond donors (Lipinski definition) is 2. The van der Waals surface area contributed by atoms with Crippen LogP contribution >= 0.6 is 15.9 Å². The molecular formula is C31H29BrN2O2. The van der Waals surface area contributed by atoms with Crippen molar-refractivity contribution >= 4 is 37.6 Å². The summed E-state index contributed by atoms with van der Waals surface area (Å²) in [6, 6.07) is 32.5. The molecule has 4 nitrogen and oxygen atoms in total. The molecule has 0 amide bonds. The fourth-order valence-corrected chi connectivity index (χ4v) is 5.61. The maximum absolute atomic E-state index is 13.0. The first-order chi connectivity index (χ1) is 17.6. The molecule has 0 aliphatic carbocycles. The number of methoxy groups -OCH3 is 1. The summed E-state index contributed by atoms with van der Waals surface area (Å²) in [6.07, 6.45) is 0.704. The van der Waals surface area contributed by atoms with Crippen LogP contribution < -0.4 is 10.1 Å². The number of rotatable bonds is 8. The Kier molecular flexibility index (Phi) is 7.06. The van der Waals surface area contributed by atoms with Crippen LogP contribution in [0.15, 0.2) is 102 Å². The molecular weight excluding hydrogens is 512 g/mol. The number of aliphatic hydroxyl groups is 1. The predicted octanol–water partition coefficient (Wildman–Crippen LogP) is 6.79. The van der Waals surface area contributed by atoms with Crippen LogP contribution in [0.1, 0.15) is 29.0 Å². The minimum absolute atomic E-state index is 0.279. The van der Waals surface area contributed by atoms with Gasteiger partial charge in [-0.3, -0.25) is 0 Å². The molecule has 2 atom stereocenters. The largest absolute Gasteiger partial charge is 0.481 e. The molecule has 2 unspecified atom stereocenters. The van der Waals surface area contributed by atoms with Gasteiger partial charge in [-0.2, -0.15) is 0 Å². The first-order valence-corrected chi connectivity index (χ1v) is 12.9. The molecule has 5 heteroatoms. The van der Waals surface area contributed by atoms with E-state index in [0.717, 1.165) is 43.8 Å². The molecule has 5 aromatic rings. The predicted molar refractivity (Wildman–Crippen MR) is 151 cm³/mol. The lowest BCUT2D eigenvalue weighted by molar-refractivity contribution is 0.0438. The van der Waals surface area contributed by atoms with E-state index in [2.05, 4.69) is 57.6 Å². The minimum atomic E-state index is -1.41. The van der Waals surface area contributed by atoms with E-state index >= 15 is 0 Å². The SMILES string of the molecule is CNCCC(c1cccc2ccccc12)C(O)(c1ccccc1)c1cc2cc(Br)ccc2nc1OC. The Hall–Kier alpha value is -3.25. The van der Waals surface area contributed by atoms with Crippen LogP contribution in [-0.4, -0.2) is 30.8 Å². The number of hydrogen-bond acceptors (Lipinski definition) is 4. The van der Waals surface area contributed by atoms with Crippen molar-refractivity contribution in [1.82, 2.24) is 10.3 Å². The molecule has 182 valence electrons. The third-order valence-electron chi connectivity index (χ3n) is 6.95. The summed E-state index contributed by atoms with van der Waals surface area (Å²) in [4.78, 5) is 4.83. The number of ether oxygens (including phenoxy) is 1. The smallest absolute Gasteiger partial charge is 0.220 e. The number of pyridine rings is 1. The summed E-state index contributed by atoms with van der Waals surface area (Å²) in [6.45, 7) is 0.734. The Bertz CT molecular complexity index is 1500. The Balaban J connectivity index is 1.85. The third-order valence-corrected chi connectivity index (χ3v) is 7.44. The molecule has 0 radical (unpaired) electrons. The van der Waals surface area contributed by atoms with Gasteiger partial charge in [0.15, 0.2) is 0 Å². The van der Waals surface area contributed by atoms with Gasteiger partial charge in [0.1, 0.15) is 5.60 Å². The molecule has 36 heavy (non-hydrogen) atoms. The number of nitrogens with one attached hydrogen (secondary N) is 1. The molecule has 0 spiro atoms. The van der Waals surface area contributed by atoms with E-state index in [1.54, 1.807) is 7.11 Å². The van der Waals surface area contributed by atoms with Gasteiger partial charge in [0, 0.05) is 15.8 Å². The topological polar surface area (TPSA) is 54.4 Å². The van der Waals surface area contributed by atoms with E-state index in [-0.39, 0.29) is 5.92 Å². The molecule has 0 saturated heterocycles. The van der Waals surface area contributed by atoms with Gasteiger partial charge in [0.25, 0.3) is 0 Å². The second-order valence-corrected chi connectivity index (χ2v) is 9.94. The number of benzene rings is 4. The summed E-state index contributed by atoms with van der Waals surface area (Å²) in [5.74, 6) is 0.143. The Labute approximate surface area is 220 Å². The quantitative estimate of drug-likeness (QED) is 0.227. The average molecular weight is 541 g/mol. The standard InChI is InChI=1S/C31H29BrN2O2/c1-33-18-17-27(26-14-8-10-21-9-6-7-13-25(21)26)31(35,23-11-4-3-5-12-23)28-20-22-19-24(32)15-16-29(22)34-30(28)36-2/h3-16,19-20,27,33,35H,17-18H2,1-2H3. The summed E-state index contributed by atoms with van der Waals surface area (Å²) in [5.41, 5.74) is 1.94. The summed E-state index contributed by atoms with van der Waals surface area (Å²) >= 11 is 3.59. The van der Waals surface area contributed by atoms with Crippen LogP contribution in [0, 0.1) is 0 Å². The van der Waals surface area contributed by atoms with Gasteiger partial charge in [0.2, 0.25) is 5.88 Å². The molecule has 0 fully saturated rings. The van der Waals surface area contributed by atoms with Crippen LogP contribution in [0.2, 0.25) is 0 Å². The number of halogens is 1. The molecule has 1 aromatic heterocycles. The van der Waals surface area contributed by atoms with Crippen molar-refractivity contribution in [3.63, 3.8) is 0 Å². The van der Waals surface area contributed by atoms with E-state index in [0.29, 0.717) is 17.9 Å². The van der Waals surface area contributed by atoms with E-state index in [1.165, 1.54) is 0 Å². The van der Waals surface area contributed by atoms with E-state index < -0.39 is 5.60 Å². The lowest BCUT2D eigenvalue weighted by atomic mass is 9.70. The van der Waals surface area contributed by atoms with E-state index in [9.17, 15) is 5.11 Å². The van der Waals surface area contributed by atoms with Gasteiger partial charge >= 0.3 is 0 Å². The zero-order valence-corrected chi connectivity index (χ0v) is 22.0. The second kappa shape index (κ2) is 10.4. The van der Waals surface area contributed by atoms with Gasteiger partial charge in [-0.05, 0) is 66.2 Å². The molecule has 0 bridgehead atoms. The van der Waals surface area contributed by atoms with E-state index in [1.807, 2.05) is 67.7 Å². The third kappa shape index (κ3) is 4.39. The van der Waals surface area contributed by atoms with Crippen molar-refractivity contribution in [3.8, 4) is 5.88 Å². The maximum Gasteiger partial charge on any atom is 0.220 e. The number of nitrogens with zero attached hydrogens (tertiary/aromatic N) is 1. The van der Waals surface area contributed by atoms with Crippen molar-refractivity contribution in [2.45, 2.75) is 17.9 Å². The molecule has 0 aliphatic heterocycles. The zero-order chi connectivity index (χ0) is 25.1. The highest BCUT2D eigenvalue weighted by atomic mass is 79.9. The monoisotopic (exact) mass is 540 g/mol. The lowest BCUT2D eigenvalue weighted by Crippen LogP contribution is -2.37. The molecule has 2 N–H and O–H groups in total. The van der Waals surface area contributed by atoms with Gasteiger partial charge < -0.3 is 15.2 Å². The lowest BCUT2D eigenvalue weighted by Gasteiger charge is -2.39. The highest BCUT2D eigenvalue weighted by Crippen LogP contribution is 2.49. The van der Waals surface area contributed by atoms with Crippen LogP contribution in [0.5, 0.6) is 5.88 Å². The van der Waals surface area contributed by atoms with Crippen LogP contribution in [-0.2, 0) is 5.60 Å². The highest BCUT2D eigenvalue weighted by molar-refractivity contribution is 9.10. The van der Waals surface area contributed by atoms with Gasteiger partial charge in [0.05, 0.1) is 18.2 Å². The van der Waals surface area contributed by atoms with Gasteiger partial charge in [-0.25, -0.2) is 4.98 Å². The maximum atomic E-state index is 13.0.